The van der Waals surface area contributed by atoms with Crippen LogP contribution in [0.5, 0.6) is 0 Å². The molecule has 0 unspecified atom stereocenters. The molecule has 0 nitrogen and oxygen atoms in total. The molecular weight excluding hydrogens is 745 g/mol. The van der Waals surface area contributed by atoms with E-state index in [0.717, 1.165) is 0 Å². The lowest BCUT2D eigenvalue weighted by Gasteiger charge is -2.28. The van der Waals surface area contributed by atoms with Crippen molar-refractivity contribution in [1.82, 2.24) is 0 Å². The van der Waals surface area contributed by atoms with Gasteiger partial charge in [-0.2, -0.15) is 0 Å². The maximum absolute atomic E-state index is 2.52. The van der Waals surface area contributed by atoms with E-state index in [2.05, 4.69) is 223 Å². The van der Waals surface area contributed by atoms with Gasteiger partial charge in [0.2, 0.25) is 0 Å². The van der Waals surface area contributed by atoms with E-state index >= 15 is 0 Å². The van der Waals surface area contributed by atoms with Gasteiger partial charge in [0.25, 0.3) is 0 Å². The molecule has 0 saturated heterocycles. The number of hydrogen-bond acceptors (Lipinski definition) is 0. The van der Waals surface area contributed by atoms with Crippen molar-refractivity contribution in [1.29, 1.82) is 0 Å². The van der Waals surface area contributed by atoms with Gasteiger partial charge in [-0.3, -0.25) is 0 Å². The summed E-state index contributed by atoms with van der Waals surface area (Å²) in [5.41, 5.74) is 30.4. The average molecular weight is 819 g/mol. The fourth-order valence-corrected chi connectivity index (χ4v) is 11.0. The quantitative estimate of drug-likeness (QED) is 0.167. The second-order valence-electron chi connectivity index (χ2n) is 24.6. The molecule has 8 rings (SSSR count). The van der Waals surface area contributed by atoms with Crippen LogP contribution in [0.25, 0.3) is 55.6 Å². The Morgan fingerprint density at radius 2 is 0.565 bits per heavy atom. The monoisotopic (exact) mass is 819 g/mol. The number of aryl methyl sites for hydroxylation is 4. The van der Waals surface area contributed by atoms with E-state index in [-0.39, 0.29) is 32.5 Å². The van der Waals surface area contributed by atoms with Gasteiger partial charge >= 0.3 is 0 Å². The molecule has 2 aliphatic carbocycles. The highest BCUT2D eigenvalue weighted by Gasteiger charge is 2.41. The fraction of sp³-hybridized carbons (Fsp3) is 0.419. The molecule has 0 radical (unpaired) electrons. The summed E-state index contributed by atoms with van der Waals surface area (Å²) in [4.78, 5) is 0. The van der Waals surface area contributed by atoms with Crippen LogP contribution in [0.3, 0.4) is 0 Å². The minimum atomic E-state index is -0.0956. The first-order valence-electron chi connectivity index (χ1n) is 23.3. The molecule has 0 atom stereocenters. The van der Waals surface area contributed by atoms with Gasteiger partial charge < -0.3 is 0 Å². The lowest BCUT2D eigenvalue weighted by Crippen LogP contribution is -2.19. The van der Waals surface area contributed by atoms with E-state index in [1.165, 1.54) is 122 Å². The van der Waals surface area contributed by atoms with Gasteiger partial charge in [0.05, 0.1) is 0 Å². The molecule has 0 heterocycles. The van der Waals surface area contributed by atoms with Gasteiger partial charge in [0.1, 0.15) is 0 Å². The van der Waals surface area contributed by atoms with E-state index in [1.807, 2.05) is 0 Å². The minimum absolute atomic E-state index is 0.0188. The van der Waals surface area contributed by atoms with Gasteiger partial charge in [0, 0.05) is 10.8 Å². The molecule has 0 heteroatoms. The first-order chi connectivity index (χ1) is 28.4. The lowest BCUT2D eigenvalue weighted by molar-refractivity contribution is 0.579. The summed E-state index contributed by atoms with van der Waals surface area (Å²) in [6.07, 6.45) is 0. The van der Waals surface area contributed by atoms with Gasteiger partial charge in [-0.05, 0) is 184 Å². The smallest absolute Gasteiger partial charge is 0.0159 e. The van der Waals surface area contributed by atoms with Crippen molar-refractivity contribution < 1.29 is 0 Å². The molecule has 0 aromatic heterocycles. The van der Waals surface area contributed by atoms with Crippen LogP contribution in [0, 0.1) is 27.7 Å². The largest absolute Gasteiger partial charge is 0.0579 e. The van der Waals surface area contributed by atoms with Crippen molar-refractivity contribution in [2.24, 2.45) is 0 Å². The lowest BCUT2D eigenvalue weighted by atomic mass is 9.76. The first-order valence-corrected chi connectivity index (χ1v) is 23.3. The summed E-state index contributed by atoms with van der Waals surface area (Å²) in [7, 11) is 0. The Morgan fingerprint density at radius 3 is 0.839 bits per heavy atom. The average Bonchev–Trinajstić information content (AvgIpc) is 3.52. The van der Waals surface area contributed by atoms with Crippen LogP contribution in [-0.4, -0.2) is 0 Å². The molecule has 6 aromatic carbocycles. The van der Waals surface area contributed by atoms with Crippen LogP contribution in [-0.2, 0) is 32.5 Å². The maximum atomic E-state index is 2.52. The second kappa shape index (κ2) is 13.9. The molecule has 6 aromatic rings. The summed E-state index contributed by atoms with van der Waals surface area (Å²) in [5, 5.41) is 0. The van der Waals surface area contributed by atoms with Gasteiger partial charge in [-0.15, -0.1) is 0 Å². The number of rotatable bonds is 3. The summed E-state index contributed by atoms with van der Waals surface area (Å²) in [6.45, 7) is 47.2. The summed E-state index contributed by atoms with van der Waals surface area (Å²) in [5.74, 6) is 0. The minimum Gasteiger partial charge on any atom is -0.0579 e. The molecule has 0 spiro atoms. The van der Waals surface area contributed by atoms with Crippen LogP contribution in [0.4, 0.5) is 0 Å². The molecule has 322 valence electrons. The molecule has 0 bridgehead atoms. The van der Waals surface area contributed by atoms with Gasteiger partial charge in [-0.25, -0.2) is 0 Å². The van der Waals surface area contributed by atoms with Crippen molar-refractivity contribution in [3.8, 4) is 55.6 Å². The van der Waals surface area contributed by atoms with E-state index in [1.54, 1.807) is 0 Å². The second-order valence-corrected chi connectivity index (χ2v) is 24.6. The summed E-state index contributed by atoms with van der Waals surface area (Å²) >= 11 is 0. The zero-order chi connectivity index (χ0) is 45.6. The van der Waals surface area contributed by atoms with Crippen molar-refractivity contribution in [2.75, 3.05) is 0 Å². The van der Waals surface area contributed by atoms with Gasteiger partial charge in [0.15, 0.2) is 0 Å². The van der Waals surface area contributed by atoms with Crippen LogP contribution in [0.2, 0.25) is 0 Å². The van der Waals surface area contributed by atoms with Crippen LogP contribution < -0.4 is 0 Å². The Hall–Kier alpha value is -4.68. The standard InChI is InChI=1S/C62H74/c1-35-25-39(47-29-43(59(11,12)13)33-51-55(47)45-23-21-41(57(5,6)7)31-49(45)61(51,17)18)26-36(2)53(35)54-37(3)27-40(28-38(54)4)48-30-44(60(14,15)16)34-52-56(48)46-24-22-42(58(8,9)10)32-50(46)62(52,19)20/h21-34H,1-20H3. The number of benzene rings is 6. The fourth-order valence-electron chi connectivity index (χ4n) is 11.0. The van der Waals surface area contributed by atoms with Crippen molar-refractivity contribution in [3.63, 3.8) is 0 Å². The molecular formula is C62H74. The Kier molecular flexibility index (Phi) is 9.86. The molecule has 0 aliphatic heterocycles. The topological polar surface area (TPSA) is 0 Å². The van der Waals surface area contributed by atoms with E-state index < -0.39 is 0 Å². The zero-order valence-electron chi connectivity index (χ0n) is 42.1. The molecule has 0 fully saturated rings. The number of hydrogen-bond donors (Lipinski definition) is 0. The SMILES string of the molecule is Cc1cc(-c2cc(C(C)(C)C)cc3c2-c2ccc(C(C)(C)C)cc2C3(C)C)cc(C)c1-c1c(C)cc(-c2cc(C(C)(C)C)cc3c2-c2ccc(C(C)(C)C)cc2C3(C)C)cc1C. The van der Waals surface area contributed by atoms with E-state index in [0.29, 0.717) is 0 Å². The van der Waals surface area contributed by atoms with E-state index in [4.69, 9.17) is 0 Å². The third-order valence-corrected chi connectivity index (χ3v) is 14.9. The summed E-state index contributed by atoms with van der Waals surface area (Å²) < 4.78 is 0. The van der Waals surface area contributed by atoms with Crippen molar-refractivity contribution in [2.45, 2.75) is 171 Å². The van der Waals surface area contributed by atoms with Crippen LogP contribution in [0.1, 0.15) is 178 Å². The molecule has 2 aliphatic rings. The van der Waals surface area contributed by atoms with Crippen LogP contribution >= 0.6 is 0 Å². The molecule has 0 N–H and O–H groups in total. The van der Waals surface area contributed by atoms with E-state index in [9.17, 15) is 0 Å². The summed E-state index contributed by atoms with van der Waals surface area (Å²) in [6, 6.07) is 34.6. The highest BCUT2D eigenvalue weighted by Crippen LogP contribution is 2.56. The molecule has 0 amide bonds. The molecule has 62 heavy (non-hydrogen) atoms. The Balaban J connectivity index is 1.29. The Labute approximate surface area is 376 Å². The van der Waals surface area contributed by atoms with Gasteiger partial charge in [-0.1, -0.05) is 184 Å². The first kappa shape index (κ1) is 43.9. The number of fused-ring (bicyclic) bond motifs is 6. The molecule has 0 saturated carbocycles. The van der Waals surface area contributed by atoms with Crippen molar-refractivity contribution >= 4 is 0 Å². The maximum Gasteiger partial charge on any atom is 0.0159 e. The van der Waals surface area contributed by atoms with Crippen LogP contribution in [0.15, 0.2) is 84.9 Å². The Morgan fingerprint density at radius 1 is 0.290 bits per heavy atom. The zero-order valence-corrected chi connectivity index (χ0v) is 42.1. The highest BCUT2D eigenvalue weighted by atomic mass is 14.4. The third kappa shape index (κ3) is 6.94. The van der Waals surface area contributed by atoms with Crippen molar-refractivity contribution in [3.05, 3.63) is 152 Å². The highest BCUT2D eigenvalue weighted by molar-refractivity contribution is 5.96. The normalized spacial score (nSPS) is 15.4. The predicted molar refractivity (Wildman–Crippen MR) is 272 cm³/mol. The third-order valence-electron chi connectivity index (χ3n) is 14.9. The Bertz CT molecular complexity index is 2590. The predicted octanol–water partition coefficient (Wildman–Crippen LogP) is 17.7.